The fraction of sp³-hybridized carbons (Fsp3) is 0.647. The molecular formula is C17H20F3N5O3. The molecule has 1 aliphatic heterocycles. The van der Waals surface area contributed by atoms with Crippen molar-refractivity contribution in [2.45, 2.75) is 57.3 Å². The molecule has 152 valence electrons. The first kappa shape index (κ1) is 18.8. The van der Waals surface area contributed by atoms with E-state index in [1.54, 1.807) is 0 Å². The van der Waals surface area contributed by atoms with Gasteiger partial charge in [-0.15, -0.1) is 5.10 Å². The molecule has 1 aliphatic carbocycles. The van der Waals surface area contributed by atoms with E-state index in [1.165, 1.54) is 0 Å². The molecule has 0 aromatic carbocycles. The second kappa shape index (κ2) is 7.10. The topological polar surface area (TPSA) is 86.2 Å². The Morgan fingerprint density at radius 1 is 1.07 bits per heavy atom. The second-order valence-electron chi connectivity index (χ2n) is 7.23. The number of rotatable bonds is 4. The van der Waals surface area contributed by atoms with E-state index in [2.05, 4.69) is 10.2 Å². The van der Waals surface area contributed by atoms with Crippen molar-refractivity contribution < 1.29 is 17.6 Å². The third-order valence-electron chi connectivity index (χ3n) is 5.35. The number of halogens is 3. The lowest BCUT2D eigenvalue weighted by molar-refractivity contribution is -0.139. The molecule has 0 atom stereocenters. The maximum atomic E-state index is 13.4. The number of anilines is 1. The minimum absolute atomic E-state index is 0.0709. The molecule has 0 radical (unpaired) electrons. The van der Waals surface area contributed by atoms with E-state index < -0.39 is 29.5 Å². The summed E-state index contributed by atoms with van der Waals surface area (Å²) in [6.45, 7) is 1.01. The monoisotopic (exact) mass is 399 g/mol. The molecule has 1 saturated carbocycles. The lowest BCUT2D eigenvalue weighted by Crippen LogP contribution is -2.44. The van der Waals surface area contributed by atoms with Crippen LogP contribution < -0.4 is 16.1 Å². The summed E-state index contributed by atoms with van der Waals surface area (Å²) in [4.78, 5) is 27.0. The first-order chi connectivity index (χ1) is 13.3. The van der Waals surface area contributed by atoms with Crippen molar-refractivity contribution in [1.82, 2.24) is 19.3 Å². The fourth-order valence-electron chi connectivity index (χ4n) is 3.88. The molecule has 1 saturated heterocycles. The van der Waals surface area contributed by atoms with Crippen LogP contribution in [0.1, 0.15) is 56.0 Å². The van der Waals surface area contributed by atoms with Gasteiger partial charge in [-0.3, -0.25) is 13.9 Å². The molecule has 4 rings (SSSR count). The Bertz CT molecular complexity index is 966. The first-order valence-electron chi connectivity index (χ1n) is 9.35. The minimum Gasteiger partial charge on any atom is -0.406 e. The molecule has 28 heavy (non-hydrogen) atoms. The molecule has 2 fully saturated rings. The molecule has 3 heterocycles. The zero-order valence-electron chi connectivity index (χ0n) is 15.1. The number of alkyl halides is 3. The zero-order valence-corrected chi connectivity index (χ0v) is 15.1. The van der Waals surface area contributed by atoms with Crippen molar-refractivity contribution in [2.24, 2.45) is 0 Å². The summed E-state index contributed by atoms with van der Waals surface area (Å²) in [7, 11) is 0. The molecule has 0 unspecified atom stereocenters. The molecule has 0 N–H and O–H groups in total. The maximum absolute atomic E-state index is 13.4. The van der Waals surface area contributed by atoms with Crippen molar-refractivity contribution in [3.8, 4) is 0 Å². The predicted octanol–water partition coefficient (Wildman–Crippen LogP) is 2.18. The van der Waals surface area contributed by atoms with E-state index in [-0.39, 0.29) is 17.9 Å². The number of aromatic nitrogens is 4. The SMILES string of the molecule is O=c1c(C(F)(F)F)cn(C2CCCC2)c(=O)n1Cc1nnc(N2CCCC2)o1. The summed E-state index contributed by atoms with van der Waals surface area (Å²) in [5.74, 6) is -0.0709. The summed E-state index contributed by atoms with van der Waals surface area (Å²) < 4.78 is 47.2. The van der Waals surface area contributed by atoms with Crippen LogP contribution in [0.25, 0.3) is 0 Å². The lowest BCUT2D eigenvalue weighted by Gasteiger charge is -2.18. The van der Waals surface area contributed by atoms with E-state index in [0.717, 1.165) is 43.3 Å². The van der Waals surface area contributed by atoms with Crippen LogP contribution >= 0.6 is 0 Å². The summed E-state index contributed by atoms with van der Waals surface area (Å²) in [6.07, 6.45) is 0.641. The Morgan fingerprint density at radius 2 is 1.75 bits per heavy atom. The van der Waals surface area contributed by atoms with Crippen molar-refractivity contribution >= 4 is 6.01 Å². The van der Waals surface area contributed by atoms with Gasteiger partial charge in [0.15, 0.2) is 0 Å². The van der Waals surface area contributed by atoms with Gasteiger partial charge in [0.25, 0.3) is 5.56 Å². The number of hydrogen-bond acceptors (Lipinski definition) is 6. The average molecular weight is 399 g/mol. The Hall–Kier alpha value is -2.59. The van der Waals surface area contributed by atoms with Crippen LogP contribution in [0.15, 0.2) is 20.2 Å². The van der Waals surface area contributed by atoms with Crippen LogP contribution in [0.3, 0.4) is 0 Å². The van der Waals surface area contributed by atoms with Crippen LogP contribution in [0.4, 0.5) is 19.2 Å². The van der Waals surface area contributed by atoms with Gasteiger partial charge in [-0.1, -0.05) is 17.9 Å². The van der Waals surface area contributed by atoms with Gasteiger partial charge in [-0.2, -0.15) is 13.2 Å². The van der Waals surface area contributed by atoms with E-state index in [4.69, 9.17) is 4.42 Å². The van der Waals surface area contributed by atoms with Crippen LogP contribution in [0, 0.1) is 0 Å². The molecule has 0 spiro atoms. The number of nitrogens with zero attached hydrogens (tertiary/aromatic N) is 5. The van der Waals surface area contributed by atoms with E-state index in [0.29, 0.717) is 23.6 Å². The highest BCUT2D eigenvalue weighted by Crippen LogP contribution is 2.31. The lowest BCUT2D eigenvalue weighted by atomic mass is 10.2. The molecule has 0 bridgehead atoms. The molecule has 11 heteroatoms. The standard InChI is InChI=1S/C17H20F3N5O3/c18-17(19,20)12-9-24(11-5-1-2-6-11)16(27)25(14(12)26)10-13-21-22-15(28-13)23-7-3-4-8-23/h9,11H,1-8,10H2. The minimum atomic E-state index is -4.86. The average Bonchev–Trinajstić information content (AvgIpc) is 3.39. The van der Waals surface area contributed by atoms with Gasteiger partial charge < -0.3 is 9.32 Å². The Morgan fingerprint density at radius 3 is 2.39 bits per heavy atom. The third-order valence-corrected chi connectivity index (χ3v) is 5.35. The highest BCUT2D eigenvalue weighted by atomic mass is 19.4. The van der Waals surface area contributed by atoms with Gasteiger partial charge in [0.1, 0.15) is 12.1 Å². The second-order valence-corrected chi connectivity index (χ2v) is 7.23. The van der Waals surface area contributed by atoms with Gasteiger partial charge in [0.2, 0.25) is 5.89 Å². The molecule has 0 amide bonds. The molecule has 2 aromatic rings. The predicted molar refractivity (Wildman–Crippen MR) is 92.3 cm³/mol. The van der Waals surface area contributed by atoms with Gasteiger partial charge in [-0.05, 0) is 25.7 Å². The van der Waals surface area contributed by atoms with E-state index in [9.17, 15) is 22.8 Å². The summed E-state index contributed by atoms with van der Waals surface area (Å²) in [5, 5.41) is 7.70. The smallest absolute Gasteiger partial charge is 0.406 e. The molecule has 2 aliphatic rings. The van der Waals surface area contributed by atoms with Crippen LogP contribution in [0.5, 0.6) is 0 Å². The molecular weight excluding hydrogens is 379 g/mol. The Balaban J connectivity index is 1.74. The quantitative estimate of drug-likeness (QED) is 0.783. The van der Waals surface area contributed by atoms with Crippen molar-refractivity contribution in [3.63, 3.8) is 0 Å². The molecule has 2 aromatic heterocycles. The summed E-state index contributed by atoms with van der Waals surface area (Å²) in [6, 6.07) is -0.0908. The third kappa shape index (κ3) is 3.45. The van der Waals surface area contributed by atoms with E-state index >= 15 is 0 Å². The van der Waals surface area contributed by atoms with Crippen molar-refractivity contribution in [1.29, 1.82) is 0 Å². The summed E-state index contributed by atoms with van der Waals surface area (Å²) in [5.41, 5.74) is -3.54. The zero-order chi connectivity index (χ0) is 19.9. The first-order valence-corrected chi connectivity index (χ1v) is 9.35. The number of hydrogen-bond donors (Lipinski definition) is 0. The van der Waals surface area contributed by atoms with Crippen LogP contribution in [0.2, 0.25) is 0 Å². The van der Waals surface area contributed by atoms with Crippen molar-refractivity contribution in [2.75, 3.05) is 18.0 Å². The normalized spacial score (nSPS) is 18.3. The Kier molecular flexibility index (Phi) is 4.76. The maximum Gasteiger partial charge on any atom is 0.423 e. The largest absolute Gasteiger partial charge is 0.423 e. The van der Waals surface area contributed by atoms with Crippen LogP contribution in [-0.2, 0) is 12.7 Å². The molecule has 8 nitrogen and oxygen atoms in total. The highest BCUT2D eigenvalue weighted by molar-refractivity contribution is 5.25. The van der Waals surface area contributed by atoms with Gasteiger partial charge >= 0.3 is 17.9 Å². The van der Waals surface area contributed by atoms with Crippen molar-refractivity contribution in [3.05, 3.63) is 38.5 Å². The van der Waals surface area contributed by atoms with E-state index in [1.807, 2.05) is 4.90 Å². The Labute approximate surface area is 157 Å². The van der Waals surface area contributed by atoms with Gasteiger partial charge in [0.05, 0.1) is 0 Å². The van der Waals surface area contributed by atoms with Gasteiger partial charge in [0, 0.05) is 25.3 Å². The summed E-state index contributed by atoms with van der Waals surface area (Å²) >= 11 is 0. The van der Waals surface area contributed by atoms with Crippen LogP contribution in [-0.4, -0.2) is 32.4 Å². The van der Waals surface area contributed by atoms with Gasteiger partial charge in [-0.25, -0.2) is 4.79 Å². The highest BCUT2D eigenvalue weighted by Gasteiger charge is 2.37. The fourth-order valence-corrected chi connectivity index (χ4v) is 3.88.